The van der Waals surface area contributed by atoms with Gasteiger partial charge in [-0.1, -0.05) is 12.2 Å². The van der Waals surface area contributed by atoms with Gasteiger partial charge < -0.3 is 29.5 Å². The monoisotopic (exact) mass is 852 g/mol. The average molecular weight is 853 g/mol. The van der Waals surface area contributed by atoms with E-state index in [-0.39, 0.29) is 23.0 Å². The number of hydrogen-bond acceptors (Lipinski definition) is 10. The smallest absolute Gasteiger partial charge is 0.416 e. The molecule has 6 rings (SSSR count). The van der Waals surface area contributed by atoms with Crippen molar-refractivity contribution in [3.8, 4) is 23.0 Å². The van der Waals surface area contributed by atoms with Gasteiger partial charge in [-0.15, -0.1) is 0 Å². The minimum atomic E-state index is -4.40. The molecule has 0 amide bonds. The number of aromatic hydroxyl groups is 2. The van der Waals surface area contributed by atoms with Crippen molar-refractivity contribution in [1.82, 2.24) is 9.80 Å². The molecule has 2 heterocycles. The zero-order chi connectivity index (χ0) is 43.9. The molecule has 2 aliphatic rings. The number of alkyl halides is 6. The first kappa shape index (κ1) is 44.5. The fourth-order valence-corrected chi connectivity index (χ4v) is 7.32. The molecule has 324 valence electrons. The van der Waals surface area contributed by atoms with Crippen LogP contribution in [0.25, 0.3) is 12.2 Å². The Balaban J connectivity index is 1.02. The van der Waals surface area contributed by atoms with Gasteiger partial charge in [-0.05, 0) is 96.1 Å². The third-order valence-corrected chi connectivity index (χ3v) is 10.7. The summed E-state index contributed by atoms with van der Waals surface area (Å²) in [6.45, 7) is 5.33. The van der Waals surface area contributed by atoms with Crippen molar-refractivity contribution in [3.63, 3.8) is 0 Å². The molecule has 61 heavy (non-hydrogen) atoms. The summed E-state index contributed by atoms with van der Waals surface area (Å²) in [6.07, 6.45) is -3.59. The number of ether oxygens (including phenoxy) is 2. The molecule has 2 N–H and O–H groups in total. The zero-order valence-electron chi connectivity index (χ0n) is 33.6. The molecule has 0 radical (unpaired) electrons. The zero-order valence-corrected chi connectivity index (χ0v) is 33.6. The molecule has 0 unspecified atom stereocenters. The van der Waals surface area contributed by atoms with E-state index in [1.165, 1.54) is 62.8 Å². The van der Waals surface area contributed by atoms with Gasteiger partial charge >= 0.3 is 12.4 Å². The highest BCUT2D eigenvalue weighted by molar-refractivity contribution is 6.11. The molecule has 0 bridgehead atoms. The third-order valence-electron chi connectivity index (χ3n) is 10.7. The topological polar surface area (TPSA) is 106 Å². The van der Waals surface area contributed by atoms with E-state index in [4.69, 9.17) is 9.47 Å². The summed E-state index contributed by atoms with van der Waals surface area (Å²) in [6, 6.07) is 16.7. The Morgan fingerprint density at radius 2 is 0.918 bits per heavy atom. The number of carbonyl (C=O) groups excluding carboxylic acids is 2. The number of allylic oxidation sites excluding steroid dienone is 2. The van der Waals surface area contributed by atoms with Crippen molar-refractivity contribution < 1.29 is 55.6 Å². The first-order valence-corrected chi connectivity index (χ1v) is 19.5. The summed E-state index contributed by atoms with van der Waals surface area (Å²) in [4.78, 5) is 33.9. The molecule has 0 saturated carbocycles. The normalized spacial score (nSPS) is 15.8. The van der Waals surface area contributed by atoms with E-state index in [1.807, 2.05) is 9.80 Å². The number of anilines is 2. The number of halogens is 6. The van der Waals surface area contributed by atoms with Gasteiger partial charge in [0.15, 0.2) is 34.6 Å². The summed E-state index contributed by atoms with van der Waals surface area (Å²) >= 11 is 0. The molecule has 16 heteroatoms. The Hall–Kier alpha value is -6.00. The van der Waals surface area contributed by atoms with Crippen LogP contribution in [0.5, 0.6) is 23.0 Å². The van der Waals surface area contributed by atoms with Crippen LogP contribution in [0.3, 0.4) is 0 Å². The molecule has 2 fully saturated rings. The lowest BCUT2D eigenvalue weighted by Gasteiger charge is -2.36. The summed E-state index contributed by atoms with van der Waals surface area (Å²) in [5.74, 6) is -0.606. The Morgan fingerprint density at radius 1 is 0.574 bits per heavy atom. The van der Waals surface area contributed by atoms with E-state index >= 15 is 0 Å². The van der Waals surface area contributed by atoms with Gasteiger partial charge in [0, 0.05) is 87.9 Å². The van der Waals surface area contributed by atoms with Crippen molar-refractivity contribution in [3.05, 3.63) is 118 Å². The summed E-state index contributed by atoms with van der Waals surface area (Å²) in [5.41, 5.74) is 2.22. The highest BCUT2D eigenvalue weighted by Crippen LogP contribution is 2.36. The van der Waals surface area contributed by atoms with Crippen LogP contribution in [-0.4, -0.2) is 98.2 Å². The quantitative estimate of drug-likeness (QED) is 0.0736. The lowest BCUT2D eigenvalue weighted by atomic mass is 10.0. The molecule has 0 aromatic heterocycles. The number of phenols is 2. The molecule has 4 aromatic carbocycles. The molecule has 0 aliphatic carbocycles. The predicted octanol–water partition coefficient (Wildman–Crippen LogP) is 8.05. The van der Waals surface area contributed by atoms with Crippen LogP contribution in [0, 0.1) is 0 Å². The van der Waals surface area contributed by atoms with Gasteiger partial charge in [0.25, 0.3) is 0 Å². The molecule has 0 atom stereocenters. The Kier molecular flexibility index (Phi) is 14.0. The molecule has 10 nitrogen and oxygen atoms in total. The van der Waals surface area contributed by atoms with Gasteiger partial charge in [0.2, 0.25) is 0 Å². The fourth-order valence-electron chi connectivity index (χ4n) is 7.32. The van der Waals surface area contributed by atoms with E-state index in [9.17, 15) is 46.1 Å². The van der Waals surface area contributed by atoms with Crippen LogP contribution < -0.4 is 19.3 Å². The van der Waals surface area contributed by atoms with Gasteiger partial charge in [0.1, 0.15) is 0 Å². The molecule has 0 spiro atoms. The number of hydrogen-bond donors (Lipinski definition) is 2. The predicted molar refractivity (Wildman–Crippen MR) is 220 cm³/mol. The maximum atomic E-state index is 13.0. The van der Waals surface area contributed by atoms with Crippen LogP contribution in [0.4, 0.5) is 37.7 Å². The maximum absolute atomic E-state index is 13.0. The fraction of sp³-hybridized carbons (Fsp3) is 0.333. The summed E-state index contributed by atoms with van der Waals surface area (Å²) < 4.78 is 88.7. The molecular weight excluding hydrogens is 807 g/mol. The van der Waals surface area contributed by atoms with Crippen LogP contribution in [0.2, 0.25) is 0 Å². The Morgan fingerprint density at radius 3 is 1.23 bits per heavy atom. The first-order chi connectivity index (χ1) is 29.0. The standard InChI is InChI=1S/C45H46F6N4O6/c1-60-40-25-30(23-32(42(40)58)28-52-15-19-54(20-16-52)36-9-5-34(6-10-36)44(46,47)48)3-13-38(56)27-39(57)14-4-31-24-33(43(59)41(26-31)61-2)29-53-17-21-55(22-18-53)37-11-7-35(8-12-37)45(49,50)51/h3-14,23-26,58-59H,15-22,27-29H2,1-2H3/b13-3+,14-4+. The van der Waals surface area contributed by atoms with Crippen LogP contribution in [-0.2, 0) is 35.0 Å². The molecule has 2 aliphatic heterocycles. The minimum Gasteiger partial charge on any atom is -0.504 e. The van der Waals surface area contributed by atoms with Crippen molar-refractivity contribution >= 4 is 35.1 Å². The van der Waals surface area contributed by atoms with Crippen LogP contribution in [0.1, 0.15) is 39.8 Å². The van der Waals surface area contributed by atoms with Crippen molar-refractivity contribution in [2.45, 2.75) is 31.9 Å². The van der Waals surface area contributed by atoms with Crippen molar-refractivity contribution in [1.29, 1.82) is 0 Å². The van der Waals surface area contributed by atoms with Gasteiger partial charge in [0.05, 0.1) is 31.8 Å². The maximum Gasteiger partial charge on any atom is 0.416 e. The SMILES string of the molecule is COc1cc(/C=C/C(=O)CC(=O)/C=C/c2cc(CN3CCN(c4ccc(C(F)(F)F)cc4)CC3)c(O)c(OC)c2)cc(CN2CCN(c3ccc(C(F)(F)F)cc3)CC2)c1O. The van der Waals surface area contributed by atoms with Crippen molar-refractivity contribution in [2.24, 2.45) is 0 Å². The minimum absolute atomic E-state index is 0.0512. The first-order valence-electron chi connectivity index (χ1n) is 19.5. The molecular formula is C45H46F6N4O6. The number of rotatable bonds is 14. The number of carbonyl (C=O) groups is 2. The number of ketones is 2. The van der Waals surface area contributed by atoms with Gasteiger partial charge in [-0.3, -0.25) is 19.4 Å². The lowest BCUT2D eigenvalue weighted by Crippen LogP contribution is -2.46. The van der Waals surface area contributed by atoms with Gasteiger partial charge in [-0.2, -0.15) is 26.3 Å². The van der Waals surface area contributed by atoms with E-state index < -0.39 is 41.5 Å². The van der Waals surface area contributed by atoms with Crippen molar-refractivity contribution in [2.75, 3.05) is 76.4 Å². The second-order valence-electron chi connectivity index (χ2n) is 14.9. The van der Waals surface area contributed by atoms with Crippen LogP contribution in [0.15, 0.2) is 84.9 Å². The average Bonchev–Trinajstić information content (AvgIpc) is 3.24. The largest absolute Gasteiger partial charge is 0.504 e. The second-order valence-corrected chi connectivity index (χ2v) is 14.9. The molecule has 4 aromatic rings. The number of methoxy groups -OCH3 is 2. The Labute approximate surface area is 349 Å². The highest BCUT2D eigenvalue weighted by Gasteiger charge is 2.31. The number of benzene rings is 4. The van der Waals surface area contributed by atoms with E-state index in [2.05, 4.69) is 9.80 Å². The van der Waals surface area contributed by atoms with Gasteiger partial charge in [-0.25, -0.2) is 0 Å². The highest BCUT2D eigenvalue weighted by atomic mass is 19.4. The number of piperazine rings is 2. The summed E-state index contributed by atoms with van der Waals surface area (Å²) in [5, 5.41) is 21.8. The number of phenolic OH excluding ortho intramolecular Hbond substituents is 2. The Bertz CT molecular complexity index is 2070. The third kappa shape index (κ3) is 11.6. The lowest BCUT2D eigenvalue weighted by molar-refractivity contribution is -0.138. The molecule has 2 saturated heterocycles. The van der Waals surface area contributed by atoms with Crippen LogP contribution >= 0.6 is 0 Å². The van der Waals surface area contributed by atoms with E-state index in [0.29, 0.717) is 99.1 Å². The summed E-state index contributed by atoms with van der Waals surface area (Å²) in [7, 11) is 2.82. The second kappa shape index (κ2) is 19.1. The number of nitrogens with zero attached hydrogens (tertiary/aromatic N) is 4. The van der Waals surface area contributed by atoms with E-state index in [1.54, 1.807) is 24.3 Å². The van der Waals surface area contributed by atoms with E-state index in [0.717, 1.165) is 24.3 Å².